The number of carbonyl (C=O) groups excluding carboxylic acids is 3. The van der Waals surface area contributed by atoms with E-state index in [1.165, 1.54) is 6.92 Å². The average Bonchev–Trinajstić information content (AvgIpc) is 2.51. The summed E-state index contributed by atoms with van der Waals surface area (Å²) in [6.45, 7) is 2.48. The zero-order valence-corrected chi connectivity index (χ0v) is 14.6. The van der Waals surface area contributed by atoms with Crippen molar-refractivity contribution in [3.8, 4) is 0 Å². The molecular formula is C14H22N4O9. The fourth-order valence-electron chi connectivity index (χ4n) is 1.74. The Hall–Kier alpha value is -3.22. The van der Waals surface area contributed by atoms with Crippen LogP contribution in [0.2, 0.25) is 0 Å². The first-order chi connectivity index (χ1) is 12.3. The third kappa shape index (κ3) is 9.15. The minimum atomic E-state index is -1.72. The summed E-state index contributed by atoms with van der Waals surface area (Å²) >= 11 is 0. The smallest absolute Gasteiger partial charge is 0.326 e. The maximum absolute atomic E-state index is 12.1. The fourth-order valence-corrected chi connectivity index (χ4v) is 1.74. The molecule has 4 atom stereocenters. The van der Waals surface area contributed by atoms with E-state index in [4.69, 9.17) is 21.1 Å². The molecule has 0 aromatic carbocycles. The van der Waals surface area contributed by atoms with E-state index in [9.17, 15) is 28.8 Å². The summed E-state index contributed by atoms with van der Waals surface area (Å²) in [5.41, 5.74) is 5.33. The Morgan fingerprint density at radius 1 is 0.741 bits per heavy atom. The Morgan fingerprint density at radius 2 is 1.19 bits per heavy atom. The van der Waals surface area contributed by atoms with Gasteiger partial charge in [-0.05, 0) is 13.8 Å². The van der Waals surface area contributed by atoms with Crippen molar-refractivity contribution in [1.29, 1.82) is 0 Å². The Kier molecular flexibility index (Phi) is 9.42. The molecule has 4 unspecified atom stereocenters. The summed E-state index contributed by atoms with van der Waals surface area (Å²) in [5, 5.41) is 32.5. The second-order valence-corrected chi connectivity index (χ2v) is 5.68. The fraction of sp³-hybridized carbons (Fsp3) is 0.571. The highest BCUT2D eigenvalue weighted by atomic mass is 16.4. The molecule has 0 heterocycles. The van der Waals surface area contributed by atoms with E-state index >= 15 is 0 Å². The highest BCUT2D eigenvalue weighted by molar-refractivity contribution is 5.95. The van der Waals surface area contributed by atoms with Crippen LogP contribution in [0.4, 0.5) is 0 Å². The second-order valence-electron chi connectivity index (χ2n) is 5.68. The molecule has 13 nitrogen and oxygen atoms in total. The van der Waals surface area contributed by atoms with Gasteiger partial charge in [-0.3, -0.25) is 24.0 Å². The van der Waals surface area contributed by atoms with Crippen molar-refractivity contribution in [2.75, 3.05) is 0 Å². The van der Waals surface area contributed by atoms with Gasteiger partial charge in [-0.1, -0.05) is 0 Å². The number of rotatable bonds is 11. The number of aliphatic carboxylic acids is 3. The Balaban J connectivity index is 5.00. The zero-order chi connectivity index (χ0) is 21.3. The van der Waals surface area contributed by atoms with Crippen molar-refractivity contribution < 1.29 is 44.1 Å². The van der Waals surface area contributed by atoms with Crippen molar-refractivity contribution >= 4 is 35.6 Å². The summed E-state index contributed by atoms with van der Waals surface area (Å²) in [5.74, 6) is -7.26. The van der Waals surface area contributed by atoms with Crippen molar-refractivity contribution in [2.24, 2.45) is 5.73 Å². The van der Waals surface area contributed by atoms with Gasteiger partial charge in [0, 0.05) is 0 Å². The van der Waals surface area contributed by atoms with Crippen molar-refractivity contribution in [1.82, 2.24) is 16.0 Å². The van der Waals surface area contributed by atoms with Gasteiger partial charge in [0.2, 0.25) is 17.7 Å². The molecule has 27 heavy (non-hydrogen) atoms. The number of hydrogen-bond donors (Lipinski definition) is 7. The lowest BCUT2D eigenvalue weighted by molar-refractivity contribution is -0.147. The maximum Gasteiger partial charge on any atom is 0.326 e. The molecule has 3 amide bonds. The molecule has 0 aromatic rings. The van der Waals surface area contributed by atoms with Gasteiger partial charge in [-0.15, -0.1) is 0 Å². The Labute approximate surface area is 153 Å². The van der Waals surface area contributed by atoms with Gasteiger partial charge in [-0.25, -0.2) is 4.79 Å². The molecule has 0 fully saturated rings. The van der Waals surface area contributed by atoms with Crippen LogP contribution in [0.25, 0.3) is 0 Å². The van der Waals surface area contributed by atoms with E-state index in [-0.39, 0.29) is 0 Å². The first-order valence-corrected chi connectivity index (χ1v) is 7.68. The monoisotopic (exact) mass is 390 g/mol. The van der Waals surface area contributed by atoms with Gasteiger partial charge in [0.05, 0.1) is 18.9 Å². The zero-order valence-electron chi connectivity index (χ0n) is 14.6. The molecule has 0 aliphatic heterocycles. The summed E-state index contributed by atoms with van der Waals surface area (Å²) < 4.78 is 0. The number of nitrogens with one attached hydrogen (secondary N) is 3. The normalized spacial score (nSPS) is 14.8. The first kappa shape index (κ1) is 23.8. The standard InChI is InChI=1S/C14H22N4O9/c1-5(15)11(23)17-7(3-9(19)20)13(25)16-6(2)12(24)18-8(14(26)27)4-10(21)22/h5-8H,3-4,15H2,1-2H3,(H,16,25)(H,17,23)(H,18,24)(H,19,20)(H,21,22)(H,26,27). The average molecular weight is 390 g/mol. The minimum absolute atomic E-state index is 0.782. The van der Waals surface area contributed by atoms with Gasteiger partial charge in [-0.2, -0.15) is 0 Å². The van der Waals surface area contributed by atoms with Crippen LogP contribution in [0.1, 0.15) is 26.7 Å². The first-order valence-electron chi connectivity index (χ1n) is 7.68. The predicted molar refractivity (Wildman–Crippen MR) is 87.3 cm³/mol. The van der Waals surface area contributed by atoms with Crippen molar-refractivity contribution in [3.05, 3.63) is 0 Å². The summed E-state index contributed by atoms with van der Waals surface area (Å²) in [6, 6.07) is -5.59. The second kappa shape index (κ2) is 10.7. The molecule has 0 saturated carbocycles. The lowest BCUT2D eigenvalue weighted by Crippen LogP contribution is -2.56. The van der Waals surface area contributed by atoms with E-state index in [0.717, 1.165) is 6.92 Å². The predicted octanol–water partition coefficient (Wildman–Crippen LogP) is -3.16. The minimum Gasteiger partial charge on any atom is -0.481 e. The number of carboxylic acid groups (broad SMARTS) is 3. The molecule has 0 spiro atoms. The lowest BCUT2D eigenvalue weighted by atomic mass is 10.1. The third-order valence-corrected chi connectivity index (χ3v) is 3.17. The topological polar surface area (TPSA) is 225 Å². The molecule has 13 heteroatoms. The van der Waals surface area contributed by atoms with Crippen LogP contribution >= 0.6 is 0 Å². The van der Waals surface area contributed by atoms with Gasteiger partial charge >= 0.3 is 17.9 Å². The van der Waals surface area contributed by atoms with Crippen LogP contribution in [0.3, 0.4) is 0 Å². The summed E-state index contributed by atoms with van der Waals surface area (Å²) in [7, 11) is 0. The van der Waals surface area contributed by atoms with Crippen LogP contribution in [0.5, 0.6) is 0 Å². The summed E-state index contributed by atoms with van der Waals surface area (Å²) in [4.78, 5) is 68.0. The number of hydrogen-bond acceptors (Lipinski definition) is 7. The van der Waals surface area contributed by atoms with Crippen LogP contribution in [0.15, 0.2) is 0 Å². The Morgan fingerprint density at radius 3 is 1.59 bits per heavy atom. The van der Waals surface area contributed by atoms with Crippen LogP contribution in [-0.2, 0) is 28.8 Å². The van der Waals surface area contributed by atoms with Gasteiger partial charge in [0.25, 0.3) is 0 Å². The SMILES string of the molecule is CC(N)C(=O)NC(CC(=O)O)C(=O)NC(C)C(=O)NC(CC(=O)O)C(=O)O. The van der Waals surface area contributed by atoms with Crippen LogP contribution in [-0.4, -0.2) is 75.1 Å². The largest absolute Gasteiger partial charge is 0.481 e. The molecule has 0 rings (SSSR count). The molecular weight excluding hydrogens is 368 g/mol. The maximum atomic E-state index is 12.1. The number of carboxylic acids is 3. The van der Waals surface area contributed by atoms with Crippen molar-refractivity contribution in [2.45, 2.75) is 50.9 Å². The third-order valence-electron chi connectivity index (χ3n) is 3.17. The highest BCUT2D eigenvalue weighted by Crippen LogP contribution is 1.98. The van der Waals surface area contributed by atoms with Crippen molar-refractivity contribution in [3.63, 3.8) is 0 Å². The molecule has 0 aliphatic rings. The molecule has 0 aromatic heterocycles. The van der Waals surface area contributed by atoms with E-state index in [1.54, 1.807) is 0 Å². The van der Waals surface area contributed by atoms with Gasteiger partial charge in [0.1, 0.15) is 18.1 Å². The molecule has 0 bridgehead atoms. The molecule has 8 N–H and O–H groups in total. The Bertz CT molecular complexity index is 620. The lowest BCUT2D eigenvalue weighted by Gasteiger charge is -2.22. The van der Waals surface area contributed by atoms with E-state index < -0.39 is 72.6 Å². The van der Waals surface area contributed by atoms with Gasteiger partial charge < -0.3 is 37.0 Å². The number of carbonyl (C=O) groups is 6. The number of nitrogens with two attached hydrogens (primary N) is 1. The summed E-state index contributed by atoms with van der Waals surface area (Å²) in [6.07, 6.45) is -1.66. The van der Waals surface area contributed by atoms with Crippen LogP contribution < -0.4 is 21.7 Å². The number of amides is 3. The molecule has 152 valence electrons. The molecule has 0 aliphatic carbocycles. The van der Waals surface area contributed by atoms with E-state index in [0.29, 0.717) is 0 Å². The molecule has 0 radical (unpaired) electrons. The van der Waals surface area contributed by atoms with Gasteiger partial charge in [0.15, 0.2) is 0 Å². The molecule has 0 saturated heterocycles. The quantitative estimate of drug-likeness (QED) is 0.187. The van der Waals surface area contributed by atoms with Crippen LogP contribution in [0, 0.1) is 0 Å². The highest BCUT2D eigenvalue weighted by Gasteiger charge is 2.29. The van der Waals surface area contributed by atoms with E-state index in [2.05, 4.69) is 10.6 Å². The van der Waals surface area contributed by atoms with E-state index in [1.807, 2.05) is 5.32 Å².